The molecular weight excluding hydrogens is 270 g/mol. The number of aliphatic carboxylic acids is 1. The molecule has 2 rings (SSSR count). The number of piperidine rings is 1. The first kappa shape index (κ1) is 15.4. The Kier molecular flexibility index (Phi) is 5.20. The van der Waals surface area contributed by atoms with E-state index in [1.165, 1.54) is 4.90 Å². The van der Waals surface area contributed by atoms with Gasteiger partial charge in [0.15, 0.2) is 0 Å². The molecule has 0 unspecified atom stereocenters. The molecule has 1 aliphatic heterocycles. The fourth-order valence-electron chi connectivity index (χ4n) is 2.54. The third-order valence-corrected chi connectivity index (χ3v) is 3.60. The Labute approximate surface area is 124 Å². The second-order valence-corrected chi connectivity index (χ2v) is 5.22. The average molecular weight is 291 g/mol. The number of carbonyl (C=O) groups is 2. The molecule has 0 aromatic heterocycles. The van der Waals surface area contributed by atoms with Crippen LogP contribution in [0.25, 0.3) is 0 Å². The van der Waals surface area contributed by atoms with Crippen LogP contribution in [0, 0.1) is 0 Å². The van der Waals surface area contributed by atoms with Crippen LogP contribution >= 0.6 is 0 Å². The number of likely N-dealkylation sites (tertiary alicyclic amines) is 1. The fraction of sp³-hybridized carbons (Fsp3) is 0.500. The third kappa shape index (κ3) is 3.74. The van der Waals surface area contributed by atoms with Crippen molar-refractivity contribution in [3.8, 4) is 5.75 Å². The summed E-state index contributed by atoms with van der Waals surface area (Å²) in [5.41, 5.74) is 0.483. The van der Waals surface area contributed by atoms with Gasteiger partial charge in [-0.05, 0) is 43.9 Å². The van der Waals surface area contributed by atoms with E-state index in [9.17, 15) is 14.7 Å². The van der Waals surface area contributed by atoms with Crippen LogP contribution < -0.4 is 4.74 Å². The first-order chi connectivity index (χ1) is 10.1. The highest BCUT2D eigenvalue weighted by atomic mass is 16.5. The maximum Gasteiger partial charge on any atom is 0.326 e. The molecule has 0 saturated carbocycles. The van der Waals surface area contributed by atoms with Gasteiger partial charge in [-0.25, -0.2) is 4.79 Å². The van der Waals surface area contributed by atoms with Gasteiger partial charge < -0.3 is 14.7 Å². The number of hydrogen-bond donors (Lipinski definition) is 1. The Morgan fingerprint density at radius 1 is 1.38 bits per heavy atom. The molecule has 1 amide bonds. The number of rotatable bonds is 5. The predicted molar refractivity (Wildman–Crippen MR) is 78.5 cm³/mol. The minimum atomic E-state index is -0.929. The van der Waals surface area contributed by atoms with Crippen LogP contribution in [0.2, 0.25) is 0 Å². The van der Waals surface area contributed by atoms with E-state index in [1.54, 1.807) is 24.3 Å². The van der Waals surface area contributed by atoms with Gasteiger partial charge in [0.1, 0.15) is 11.8 Å². The molecule has 0 aliphatic carbocycles. The van der Waals surface area contributed by atoms with Gasteiger partial charge in [-0.15, -0.1) is 0 Å². The topological polar surface area (TPSA) is 66.8 Å². The van der Waals surface area contributed by atoms with Crippen LogP contribution in [-0.4, -0.2) is 41.1 Å². The van der Waals surface area contributed by atoms with Crippen LogP contribution in [0.15, 0.2) is 24.3 Å². The van der Waals surface area contributed by atoms with Crippen molar-refractivity contribution >= 4 is 11.9 Å². The molecule has 0 radical (unpaired) electrons. The summed E-state index contributed by atoms with van der Waals surface area (Å²) in [6, 6.07) is 6.24. The van der Waals surface area contributed by atoms with Crippen molar-refractivity contribution in [3.05, 3.63) is 29.8 Å². The molecule has 114 valence electrons. The van der Waals surface area contributed by atoms with Crippen molar-refractivity contribution in [2.24, 2.45) is 0 Å². The quantitative estimate of drug-likeness (QED) is 0.905. The maximum absolute atomic E-state index is 12.5. The highest BCUT2D eigenvalue weighted by Gasteiger charge is 2.32. The summed E-state index contributed by atoms with van der Waals surface area (Å²) in [5.74, 6) is -0.517. The second-order valence-electron chi connectivity index (χ2n) is 5.22. The van der Waals surface area contributed by atoms with Gasteiger partial charge in [-0.3, -0.25) is 4.79 Å². The molecule has 1 aromatic rings. The predicted octanol–water partition coefficient (Wildman–Crippen LogP) is 2.55. The Hall–Kier alpha value is -2.04. The van der Waals surface area contributed by atoms with Gasteiger partial charge in [0, 0.05) is 12.1 Å². The first-order valence-corrected chi connectivity index (χ1v) is 7.40. The van der Waals surface area contributed by atoms with Gasteiger partial charge in [0.2, 0.25) is 0 Å². The Bertz CT molecular complexity index is 515. The van der Waals surface area contributed by atoms with Gasteiger partial charge >= 0.3 is 5.97 Å². The zero-order valence-corrected chi connectivity index (χ0v) is 12.2. The summed E-state index contributed by atoms with van der Waals surface area (Å²) in [4.78, 5) is 25.3. The Morgan fingerprint density at radius 3 is 2.90 bits per heavy atom. The van der Waals surface area contributed by atoms with Crippen molar-refractivity contribution in [2.75, 3.05) is 13.2 Å². The third-order valence-electron chi connectivity index (χ3n) is 3.60. The minimum absolute atomic E-state index is 0.232. The minimum Gasteiger partial charge on any atom is -0.494 e. The average Bonchev–Trinajstić information content (AvgIpc) is 2.52. The van der Waals surface area contributed by atoms with Gasteiger partial charge in [0.25, 0.3) is 5.91 Å². The van der Waals surface area contributed by atoms with Crippen LogP contribution in [0.4, 0.5) is 0 Å². The van der Waals surface area contributed by atoms with Crippen LogP contribution in [-0.2, 0) is 4.79 Å². The normalized spacial score (nSPS) is 18.3. The smallest absolute Gasteiger partial charge is 0.326 e. The molecule has 1 N–H and O–H groups in total. The summed E-state index contributed by atoms with van der Waals surface area (Å²) in [6.07, 6.45) is 3.11. The molecule has 1 atom stereocenters. The fourth-order valence-corrected chi connectivity index (χ4v) is 2.54. The van der Waals surface area contributed by atoms with E-state index in [0.717, 1.165) is 19.3 Å². The monoisotopic (exact) mass is 291 g/mol. The zero-order valence-electron chi connectivity index (χ0n) is 12.2. The summed E-state index contributed by atoms with van der Waals surface area (Å²) < 4.78 is 5.52. The molecule has 5 nitrogen and oxygen atoms in total. The summed E-state index contributed by atoms with van der Waals surface area (Å²) in [6.45, 7) is 3.11. The summed E-state index contributed by atoms with van der Waals surface area (Å²) in [7, 11) is 0. The van der Waals surface area contributed by atoms with Gasteiger partial charge in [-0.1, -0.05) is 13.0 Å². The van der Waals surface area contributed by atoms with E-state index in [1.807, 2.05) is 6.92 Å². The Morgan fingerprint density at radius 2 is 2.19 bits per heavy atom. The number of carboxylic acids is 1. The molecule has 1 aromatic carbocycles. The van der Waals surface area contributed by atoms with E-state index in [2.05, 4.69) is 0 Å². The first-order valence-electron chi connectivity index (χ1n) is 7.40. The molecule has 21 heavy (non-hydrogen) atoms. The van der Waals surface area contributed by atoms with Crippen molar-refractivity contribution < 1.29 is 19.4 Å². The van der Waals surface area contributed by atoms with E-state index < -0.39 is 12.0 Å². The lowest BCUT2D eigenvalue weighted by molar-refractivity contribution is -0.143. The lowest BCUT2D eigenvalue weighted by Crippen LogP contribution is -2.47. The van der Waals surface area contributed by atoms with Crippen LogP contribution in [0.1, 0.15) is 43.0 Å². The lowest BCUT2D eigenvalue weighted by atomic mass is 10.0. The number of benzene rings is 1. The van der Waals surface area contributed by atoms with Crippen LogP contribution in [0.5, 0.6) is 5.75 Å². The number of amides is 1. The molecular formula is C16H21NO4. The van der Waals surface area contributed by atoms with E-state index >= 15 is 0 Å². The summed E-state index contributed by atoms with van der Waals surface area (Å²) in [5, 5.41) is 9.26. The van der Waals surface area contributed by atoms with E-state index in [4.69, 9.17) is 4.74 Å². The highest BCUT2D eigenvalue weighted by molar-refractivity contribution is 5.97. The van der Waals surface area contributed by atoms with Crippen molar-refractivity contribution in [2.45, 2.75) is 38.6 Å². The zero-order chi connectivity index (χ0) is 15.2. The molecule has 1 aliphatic rings. The number of carbonyl (C=O) groups excluding carboxylic acids is 1. The SMILES string of the molecule is CCCOc1cccc(C(=O)N2CCCC[C@H]2C(=O)O)c1. The maximum atomic E-state index is 12.5. The standard InChI is InChI=1S/C16H21NO4/c1-2-10-21-13-7-5-6-12(11-13)15(18)17-9-4-3-8-14(17)16(19)20/h5-7,11,14H,2-4,8-10H2,1H3,(H,19,20)/t14-/m0/s1. The van der Waals surface area contributed by atoms with Crippen LogP contribution in [0.3, 0.4) is 0 Å². The number of hydrogen-bond acceptors (Lipinski definition) is 3. The number of carboxylic acid groups (broad SMARTS) is 1. The molecule has 1 fully saturated rings. The van der Waals surface area contributed by atoms with Crippen molar-refractivity contribution in [1.29, 1.82) is 0 Å². The molecule has 0 spiro atoms. The number of nitrogens with zero attached hydrogens (tertiary/aromatic N) is 1. The second kappa shape index (κ2) is 7.11. The van der Waals surface area contributed by atoms with Gasteiger partial charge in [-0.2, -0.15) is 0 Å². The molecule has 0 bridgehead atoms. The molecule has 5 heteroatoms. The van der Waals surface area contributed by atoms with Crippen molar-refractivity contribution in [3.63, 3.8) is 0 Å². The van der Waals surface area contributed by atoms with Gasteiger partial charge in [0.05, 0.1) is 6.61 Å². The number of ether oxygens (including phenoxy) is 1. The lowest BCUT2D eigenvalue weighted by Gasteiger charge is -2.33. The van der Waals surface area contributed by atoms with Crippen molar-refractivity contribution in [1.82, 2.24) is 4.90 Å². The van der Waals surface area contributed by atoms with E-state index in [-0.39, 0.29) is 5.91 Å². The Balaban J connectivity index is 2.16. The molecule has 1 saturated heterocycles. The largest absolute Gasteiger partial charge is 0.494 e. The van der Waals surface area contributed by atoms with E-state index in [0.29, 0.717) is 30.9 Å². The molecule has 1 heterocycles. The summed E-state index contributed by atoms with van der Waals surface area (Å²) >= 11 is 0. The highest BCUT2D eigenvalue weighted by Crippen LogP contribution is 2.22.